The van der Waals surface area contributed by atoms with Crippen molar-refractivity contribution in [3.8, 4) is 11.5 Å². The molecule has 1 fully saturated rings. The number of rotatable bonds is 6. The minimum Gasteiger partial charge on any atom is -0.497 e. The number of hydrogen-bond acceptors (Lipinski definition) is 6. The zero-order valence-corrected chi connectivity index (χ0v) is 19.3. The van der Waals surface area contributed by atoms with Crippen LogP contribution in [0, 0.1) is 13.8 Å². The predicted molar refractivity (Wildman–Crippen MR) is 123 cm³/mol. The monoisotopic (exact) mass is 437 g/mol. The number of ether oxygens (including phenoxy) is 3. The molecule has 0 spiro atoms. The van der Waals surface area contributed by atoms with Gasteiger partial charge in [0.1, 0.15) is 11.5 Å². The number of methoxy groups -OCH3 is 2. The molecule has 0 N–H and O–H groups in total. The van der Waals surface area contributed by atoms with E-state index in [0.29, 0.717) is 31.9 Å². The van der Waals surface area contributed by atoms with Gasteiger partial charge in [-0.2, -0.15) is 5.10 Å². The maximum absolute atomic E-state index is 13.4. The number of aryl methyl sites for hydroxylation is 2. The molecule has 1 atom stereocenters. The fraction of sp³-hybridized carbons (Fsp3) is 0.440. The van der Waals surface area contributed by atoms with Gasteiger partial charge in [0.25, 0.3) is 5.91 Å². The van der Waals surface area contributed by atoms with Crippen molar-refractivity contribution in [3.63, 3.8) is 0 Å². The smallest absolute Gasteiger partial charge is 0.257 e. The first-order chi connectivity index (χ1) is 15.5. The molecular formula is C25H31N3O4. The summed E-state index contributed by atoms with van der Waals surface area (Å²) in [5.74, 6) is 1.40. The van der Waals surface area contributed by atoms with Crippen molar-refractivity contribution in [1.82, 2.24) is 9.91 Å². The Balaban J connectivity index is 1.68. The van der Waals surface area contributed by atoms with E-state index in [1.165, 1.54) is 5.56 Å². The maximum atomic E-state index is 13.4. The number of benzene rings is 2. The normalized spacial score (nSPS) is 19.1. The highest BCUT2D eigenvalue weighted by molar-refractivity contribution is 6.05. The third kappa shape index (κ3) is 4.64. The van der Waals surface area contributed by atoms with Gasteiger partial charge < -0.3 is 14.2 Å². The van der Waals surface area contributed by atoms with Crippen molar-refractivity contribution in [1.29, 1.82) is 0 Å². The van der Waals surface area contributed by atoms with Crippen LogP contribution in [-0.4, -0.2) is 68.6 Å². The molecule has 1 saturated heterocycles. The number of hydrogen-bond donors (Lipinski definition) is 0. The van der Waals surface area contributed by atoms with E-state index in [2.05, 4.69) is 36.9 Å². The number of amides is 1. The molecule has 0 bridgehead atoms. The molecule has 7 nitrogen and oxygen atoms in total. The van der Waals surface area contributed by atoms with Gasteiger partial charge in [-0.3, -0.25) is 9.69 Å². The minimum atomic E-state index is -0.147. The van der Waals surface area contributed by atoms with Crippen LogP contribution in [0.4, 0.5) is 0 Å². The molecule has 0 aromatic heterocycles. The molecule has 2 aliphatic heterocycles. The van der Waals surface area contributed by atoms with Gasteiger partial charge in [0.15, 0.2) is 0 Å². The Labute approximate surface area is 189 Å². The van der Waals surface area contributed by atoms with Crippen molar-refractivity contribution in [2.24, 2.45) is 5.10 Å². The summed E-state index contributed by atoms with van der Waals surface area (Å²) in [6, 6.07) is 11.9. The van der Waals surface area contributed by atoms with Gasteiger partial charge >= 0.3 is 0 Å². The zero-order valence-electron chi connectivity index (χ0n) is 19.3. The van der Waals surface area contributed by atoms with Crippen LogP contribution in [0.1, 0.15) is 34.7 Å². The lowest BCUT2D eigenvalue weighted by Crippen LogP contribution is -2.43. The Morgan fingerprint density at radius 3 is 2.56 bits per heavy atom. The Kier molecular flexibility index (Phi) is 6.77. The van der Waals surface area contributed by atoms with Crippen LogP contribution < -0.4 is 9.47 Å². The molecule has 2 aromatic carbocycles. The molecule has 7 heteroatoms. The number of carbonyl (C=O) groups excluding carboxylic acids is 1. The summed E-state index contributed by atoms with van der Waals surface area (Å²) in [6.45, 7) is 7.35. The van der Waals surface area contributed by atoms with E-state index >= 15 is 0 Å². The maximum Gasteiger partial charge on any atom is 0.257 e. The van der Waals surface area contributed by atoms with E-state index in [1.54, 1.807) is 19.2 Å². The SMILES string of the molecule is COc1ccc(C2=NN(C(=O)CN3CCOCC3)C(c3ccc(C)cc3C)C2)c(OC)c1. The summed E-state index contributed by atoms with van der Waals surface area (Å²) in [5, 5.41) is 6.50. The van der Waals surface area contributed by atoms with E-state index in [9.17, 15) is 4.79 Å². The van der Waals surface area contributed by atoms with Crippen molar-refractivity contribution >= 4 is 11.6 Å². The van der Waals surface area contributed by atoms with E-state index < -0.39 is 0 Å². The summed E-state index contributed by atoms with van der Waals surface area (Å²) >= 11 is 0. The molecule has 0 radical (unpaired) electrons. The molecule has 0 aliphatic carbocycles. The number of hydrazone groups is 1. The van der Waals surface area contributed by atoms with Gasteiger partial charge in [-0.1, -0.05) is 23.8 Å². The first-order valence-electron chi connectivity index (χ1n) is 11.0. The quantitative estimate of drug-likeness (QED) is 0.694. The van der Waals surface area contributed by atoms with Gasteiger partial charge in [0, 0.05) is 31.1 Å². The highest BCUT2D eigenvalue weighted by atomic mass is 16.5. The molecule has 4 rings (SSSR count). The molecule has 2 heterocycles. The highest BCUT2D eigenvalue weighted by Crippen LogP contribution is 2.37. The Morgan fingerprint density at radius 1 is 1.09 bits per heavy atom. The van der Waals surface area contributed by atoms with Crippen LogP contribution >= 0.6 is 0 Å². The van der Waals surface area contributed by atoms with Crippen LogP contribution in [0.5, 0.6) is 11.5 Å². The second-order valence-electron chi connectivity index (χ2n) is 8.32. The Hall–Kier alpha value is -2.90. The van der Waals surface area contributed by atoms with Crippen LogP contribution in [-0.2, 0) is 9.53 Å². The average molecular weight is 438 g/mol. The fourth-order valence-corrected chi connectivity index (χ4v) is 4.40. The number of nitrogens with zero attached hydrogens (tertiary/aromatic N) is 3. The summed E-state index contributed by atoms with van der Waals surface area (Å²) in [7, 11) is 3.26. The summed E-state index contributed by atoms with van der Waals surface area (Å²) in [5.41, 5.74) is 5.21. The second kappa shape index (κ2) is 9.71. The topological polar surface area (TPSA) is 63.6 Å². The van der Waals surface area contributed by atoms with E-state index in [-0.39, 0.29) is 11.9 Å². The molecule has 1 amide bonds. The molecule has 2 aromatic rings. The lowest BCUT2D eigenvalue weighted by atomic mass is 9.94. The standard InChI is InChI=1S/C25H31N3O4/c1-17-5-7-20(18(2)13-17)23-15-22(21-8-6-19(30-3)14-24(21)31-4)26-28(23)25(29)16-27-9-11-32-12-10-27/h5-8,13-14,23H,9-12,15-16H2,1-4H3. The predicted octanol–water partition coefficient (Wildman–Crippen LogP) is 3.33. The molecule has 0 saturated carbocycles. The van der Waals surface area contributed by atoms with Gasteiger partial charge in [-0.25, -0.2) is 5.01 Å². The van der Waals surface area contributed by atoms with Crippen molar-refractivity contribution in [2.45, 2.75) is 26.3 Å². The van der Waals surface area contributed by atoms with Crippen LogP contribution in [0.15, 0.2) is 41.5 Å². The molecule has 32 heavy (non-hydrogen) atoms. The lowest BCUT2D eigenvalue weighted by molar-refractivity contribution is -0.135. The fourth-order valence-electron chi connectivity index (χ4n) is 4.40. The van der Waals surface area contributed by atoms with E-state index in [1.807, 2.05) is 18.2 Å². The largest absolute Gasteiger partial charge is 0.497 e. The molecule has 2 aliphatic rings. The van der Waals surface area contributed by atoms with E-state index in [4.69, 9.17) is 19.3 Å². The van der Waals surface area contributed by atoms with Crippen molar-refractivity contribution < 1.29 is 19.0 Å². The third-order valence-electron chi connectivity index (χ3n) is 6.13. The number of carbonyl (C=O) groups is 1. The lowest BCUT2D eigenvalue weighted by Gasteiger charge is -2.29. The zero-order chi connectivity index (χ0) is 22.7. The summed E-state index contributed by atoms with van der Waals surface area (Å²) in [6.07, 6.45) is 0.626. The third-order valence-corrected chi connectivity index (χ3v) is 6.13. The highest BCUT2D eigenvalue weighted by Gasteiger charge is 2.35. The van der Waals surface area contributed by atoms with Gasteiger partial charge in [-0.05, 0) is 37.1 Å². The summed E-state index contributed by atoms with van der Waals surface area (Å²) in [4.78, 5) is 15.5. The number of morpholine rings is 1. The van der Waals surface area contributed by atoms with Gasteiger partial charge in [0.05, 0.1) is 45.7 Å². The first-order valence-corrected chi connectivity index (χ1v) is 11.0. The molecule has 170 valence electrons. The van der Waals surface area contributed by atoms with Crippen LogP contribution in [0.25, 0.3) is 0 Å². The molecule has 1 unspecified atom stereocenters. The van der Waals surface area contributed by atoms with Crippen LogP contribution in [0.2, 0.25) is 0 Å². The summed E-state index contributed by atoms with van der Waals surface area (Å²) < 4.78 is 16.4. The Bertz CT molecular complexity index is 1010. The van der Waals surface area contributed by atoms with Gasteiger partial charge in [0.2, 0.25) is 0 Å². The second-order valence-corrected chi connectivity index (χ2v) is 8.32. The van der Waals surface area contributed by atoms with Crippen molar-refractivity contribution in [3.05, 3.63) is 58.7 Å². The average Bonchev–Trinajstić information content (AvgIpc) is 3.24. The Morgan fingerprint density at radius 2 is 1.88 bits per heavy atom. The minimum absolute atomic E-state index is 0.000599. The van der Waals surface area contributed by atoms with Gasteiger partial charge in [-0.15, -0.1) is 0 Å². The van der Waals surface area contributed by atoms with Crippen LogP contribution in [0.3, 0.4) is 0 Å². The first kappa shape index (κ1) is 22.3. The van der Waals surface area contributed by atoms with E-state index in [0.717, 1.165) is 41.2 Å². The molecular weight excluding hydrogens is 406 g/mol. The van der Waals surface area contributed by atoms with Crippen molar-refractivity contribution in [2.75, 3.05) is 47.1 Å².